The van der Waals surface area contributed by atoms with Crippen molar-refractivity contribution in [2.45, 2.75) is 13.8 Å². The van der Waals surface area contributed by atoms with Gasteiger partial charge in [-0.25, -0.2) is 0 Å². The first-order valence-electron chi connectivity index (χ1n) is 3.64. The highest BCUT2D eigenvalue weighted by Gasteiger charge is 1.96. The quantitative estimate of drug-likeness (QED) is 0.446. The zero-order chi connectivity index (χ0) is 8.69. The number of hydrogen-bond acceptors (Lipinski definition) is 2. The largest absolute Gasteiger partial charge is 0.370 e. The molecule has 0 bridgehead atoms. The topological polar surface area (TPSA) is 74.2 Å². The Hall–Kier alpha value is -1.24. The number of hydrogen-bond donors (Lipinski definition) is 2. The summed E-state index contributed by atoms with van der Waals surface area (Å²) in [6.07, 6.45) is 0. The fraction of sp³-hybridized carbons (Fsp3) is 0.714. The maximum absolute atomic E-state index is 8.40. The fourth-order valence-corrected chi connectivity index (χ4v) is 0.513. The van der Waals surface area contributed by atoms with E-state index in [1.54, 1.807) is 0 Å². The molecule has 0 radical (unpaired) electrons. The second kappa shape index (κ2) is 5.54. The highest BCUT2D eigenvalue weighted by atomic mass is 15.1. The molecule has 0 saturated heterocycles. The Morgan fingerprint density at radius 1 is 1.82 bits per heavy atom. The molecule has 0 spiro atoms. The van der Waals surface area contributed by atoms with Crippen LogP contribution >= 0.6 is 0 Å². The van der Waals surface area contributed by atoms with Crippen LogP contribution in [0.2, 0.25) is 0 Å². The van der Waals surface area contributed by atoms with E-state index >= 15 is 0 Å². The van der Waals surface area contributed by atoms with E-state index in [2.05, 4.69) is 16.4 Å². The Morgan fingerprint density at radius 3 is 2.91 bits per heavy atom. The first-order chi connectivity index (χ1) is 5.20. The molecule has 1 unspecified atom stereocenters. The maximum atomic E-state index is 8.40. The van der Waals surface area contributed by atoms with Crippen LogP contribution in [-0.2, 0) is 0 Å². The number of nitriles is 1. The lowest BCUT2D eigenvalue weighted by atomic mass is 10.2. The molecule has 1 atom stereocenters. The molecule has 0 saturated carbocycles. The Balaban J connectivity index is 3.65. The molecule has 11 heavy (non-hydrogen) atoms. The van der Waals surface area contributed by atoms with E-state index in [-0.39, 0.29) is 5.92 Å². The summed E-state index contributed by atoms with van der Waals surface area (Å²) in [5.74, 6) is 0.349. The van der Waals surface area contributed by atoms with Crippen LogP contribution in [0.15, 0.2) is 4.99 Å². The number of nitrogens with zero attached hydrogens (tertiary/aromatic N) is 2. The third kappa shape index (κ3) is 5.22. The van der Waals surface area contributed by atoms with Gasteiger partial charge >= 0.3 is 0 Å². The zero-order valence-corrected chi connectivity index (χ0v) is 6.96. The molecule has 0 aromatic carbocycles. The lowest BCUT2D eigenvalue weighted by Gasteiger charge is -2.01. The first kappa shape index (κ1) is 9.76. The number of nitrogens with one attached hydrogen (secondary N) is 1. The molecular weight excluding hydrogens is 140 g/mol. The van der Waals surface area contributed by atoms with Crippen LogP contribution in [0.5, 0.6) is 0 Å². The SMILES string of the molecule is CCNC(N)=NCC(C)C#N. The van der Waals surface area contributed by atoms with E-state index in [1.165, 1.54) is 0 Å². The van der Waals surface area contributed by atoms with Crippen LogP contribution in [0, 0.1) is 17.2 Å². The monoisotopic (exact) mass is 154 g/mol. The molecule has 0 aliphatic rings. The van der Waals surface area contributed by atoms with Crippen LogP contribution in [0.25, 0.3) is 0 Å². The van der Waals surface area contributed by atoms with E-state index < -0.39 is 0 Å². The molecule has 4 heteroatoms. The highest BCUT2D eigenvalue weighted by molar-refractivity contribution is 5.77. The normalized spacial score (nSPS) is 13.7. The van der Waals surface area contributed by atoms with Crippen LogP contribution in [0.3, 0.4) is 0 Å². The van der Waals surface area contributed by atoms with Crippen molar-refractivity contribution in [2.75, 3.05) is 13.1 Å². The van der Waals surface area contributed by atoms with Gasteiger partial charge in [0.15, 0.2) is 5.96 Å². The summed E-state index contributed by atoms with van der Waals surface area (Å²) < 4.78 is 0. The number of nitrogens with two attached hydrogens (primary N) is 1. The highest BCUT2D eigenvalue weighted by Crippen LogP contribution is 1.90. The van der Waals surface area contributed by atoms with Crippen LogP contribution in [-0.4, -0.2) is 19.0 Å². The Morgan fingerprint density at radius 2 is 2.45 bits per heavy atom. The average Bonchev–Trinajstić information content (AvgIpc) is 2.01. The molecule has 0 aromatic heterocycles. The number of guanidine groups is 1. The van der Waals surface area contributed by atoms with Crippen molar-refractivity contribution in [1.82, 2.24) is 5.32 Å². The van der Waals surface area contributed by atoms with Gasteiger partial charge < -0.3 is 11.1 Å². The molecule has 0 aliphatic heterocycles. The second-order valence-corrected chi connectivity index (χ2v) is 2.29. The molecule has 62 valence electrons. The minimum atomic E-state index is -0.0628. The number of rotatable bonds is 3. The predicted octanol–water partition coefficient (Wildman–Crippen LogP) is 0.0703. The third-order valence-corrected chi connectivity index (χ3v) is 1.11. The summed E-state index contributed by atoms with van der Waals surface area (Å²) in [5.41, 5.74) is 5.42. The van der Waals surface area contributed by atoms with Gasteiger partial charge in [0.1, 0.15) is 0 Å². The van der Waals surface area contributed by atoms with Crippen molar-refractivity contribution in [3.8, 4) is 6.07 Å². The Labute approximate surface area is 67.1 Å². The van der Waals surface area contributed by atoms with Gasteiger partial charge in [-0.3, -0.25) is 4.99 Å². The zero-order valence-electron chi connectivity index (χ0n) is 6.96. The van der Waals surface area contributed by atoms with Gasteiger partial charge in [-0.2, -0.15) is 5.26 Å². The molecule has 4 nitrogen and oxygen atoms in total. The lowest BCUT2D eigenvalue weighted by Crippen LogP contribution is -2.31. The summed E-state index contributed by atoms with van der Waals surface area (Å²) in [7, 11) is 0. The summed E-state index contributed by atoms with van der Waals surface area (Å²) in [6, 6.07) is 2.07. The Kier molecular flexibility index (Phi) is 4.91. The number of aliphatic imine (C=N–C) groups is 1. The van der Waals surface area contributed by atoms with E-state index in [1.807, 2.05) is 13.8 Å². The van der Waals surface area contributed by atoms with Gasteiger partial charge in [-0.05, 0) is 13.8 Å². The van der Waals surface area contributed by atoms with Crippen LogP contribution in [0.4, 0.5) is 0 Å². The van der Waals surface area contributed by atoms with Crippen LogP contribution in [0.1, 0.15) is 13.8 Å². The molecule has 0 aromatic rings. The minimum Gasteiger partial charge on any atom is -0.370 e. The molecule has 0 heterocycles. The molecule has 0 rings (SSSR count). The second-order valence-electron chi connectivity index (χ2n) is 2.29. The van der Waals surface area contributed by atoms with Crippen molar-refractivity contribution < 1.29 is 0 Å². The molecule has 3 N–H and O–H groups in total. The van der Waals surface area contributed by atoms with Gasteiger partial charge in [-0.1, -0.05) is 0 Å². The van der Waals surface area contributed by atoms with Gasteiger partial charge in [0.2, 0.25) is 0 Å². The van der Waals surface area contributed by atoms with Gasteiger partial charge in [0, 0.05) is 6.54 Å². The van der Waals surface area contributed by atoms with Crippen molar-refractivity contribution in [3.63, 3.8) is 0 Å². The van der Waals surface area contributed by atoms with Crippen molar-refractivity contribution in [1.29, 1.82) is 5.26 Å². The third-order valence-electron chi connectivity index (χ3n) is 1.11. The fourth-order valence-electron chi connectivity index (χ4n) is 0.513. The van der Waals surface area contributed by atoms with Crippen LogP contribution < -0.4 is 11.1 Å². The summed E-state index contributed by atoms with van der Waals surface area (Å²) in [5, 5.41) is 11.2. The summed E-state index contributed by atoms with van der Waals surface area (Å²) in [4.78, 5) is 3.95. The predicted molar refractivity (Wildman–Crippen MR) is 44.9 cm³/mol. The van der Waals surface area contributed by atoms with E-state index in [0.717, 1.165) is 6.54 Å². The standard InChI is InChI=1S/C7H14N4/c1-3-10-7(9)11-5-6(2)4-8/h6H,3,5H2,1-2H3,(H3,9,10,11). The average molecular weight is 154 g/mol. The van der Waals surface area contributed by atoms with E-state index in [9.17, 15) is 0 Å². The lowest BCUT2D eigenvalue weighted by molar-refractivity contribution is 0.749. The van der Waals surface area contributed by atoms with Gasteiger partial charge in [0.05, 0.1) is 18.5 Å². The summed E-state index contributed by atoms with van der Waals surface area (Å²) >= 11 is 0. The first-order valence-corrected chi connectivity index (χ1v) is 3.64. The molecule has 0 fully saturated rings. The summed E-state index contributed by atoms with van der Waals surface area (Å²) in [6.45, 7) is 4.98. The van der Waals surface area contributed by atoms with Crippen molar-refractivity contribution in [2.24, 2.45) is 16.6 Å². The molecule has 0 aliphatic carbocycles. The molecular formula is C7H14N4. The smallest absolute Gasteiger partial charge is 0.188 e. The van der Waals surface area contributed by atoms with E-state index in [0.29, 0.717) is 12.5 Å². The van der Waals surface area contributed by atoms with Crippen molar-refractivity contribution in [3.05, 3.63) is 0 Å². The van der Waals surface area contributed by atoms with E-state index in [4.69, 9.17) is 11.0 Å². The Bertz CT molecular complexity index is 168. The maximum Gasteiger partial charge on any atom is 0.188 e. The van der Waals surface area contributed by atoms with Gasteiger partial charge in [-0.15, -0.1) is 0 Å². The minimum absolute atomic E-state index is 0.0628. The van der Waals surface area contributed by atoms with Crippen molar-refractivity contribution >= 4 is 5.96 Å². The molecule has 0 amide bonds. The van der Waals surface area contributed by atoms with Gasteiger partial charge in [0.25, 0.3) is 0 Å².